The molecule has 1 aliphatic heterocycles. The van der Waals surface area contributed by atoms with Crippen LogP contribution >= 0.6 is 11.3 Å². The summed E-state index contributed by atoms with van der Waals surface area (Å²) in [6, 6.07) is 13.8. The number of aromatic nitrogens is 3. The van der Waals surface area contributed by atoms with E-state index in [2.05, 4.69) is 15.3 Å². The number of thiazole rings is 1. The number of fused-ring (bicyclic) bond motifs is 1. The van der Waals surface area contributed by atoms with Gasteiger partial charge < -0.3 is 10.2 Å². The van der Waals surface area contributed by atoms with Crippen molar-refractivity contribution in [1.29, 1.82) is 0 Å². The molecule has 1 fully saturated rings. The van der Waals surface area contributed by atoms with E-state index in [9.17, 15) is 4.79 Å². The van der Waals surface area contributed by atoms with E-state index in [4.69, 9.17) is 4.98 Å². The third kappa shape index (κ3) is 3.96. The van der Waals surface area contributed by atoms with Crippen molar-refractivity contribution in [3.63, 3.8) is 0 Å². The van der Waals surface area contributed by atoms with E-state index in [1.807, 2.05) is 68.1 Å². The van der Waals surface area contributed by atoms with Crippen molar-refractivity contribution in [3.8, 4) is 0 Å². The summed E-state index contributed by atoms with van der Waals surface area (Å²) in [6.07, 6.45) is 3.66. The predicted octanol–water partition coefficient (Wildman–Crippen LogP) is 5.73. The number of benzene rings is 1. The number of hydrogen-bond donors (Lipinski definition) is 1. The molecule has 0 saturated carbocycles. The van der Waals surface area contributed by atoms with Crippen LogP contribution in [0.5, 0.6) is 0 Å². The van der Waals surface area contributed by atoms with Crippen molar-refractivity contribution in [2.24, 2.45) is 0 Å². The van der Waals surface area contributed by atoms with Gasteiger partial charge in [0.15, 0.2) is 0 Å². The summed E-state index contributed by atoms with van der Waals surface area (Å²) in [5, 5.41) is 4.42. The number of pyridine rings is 2. The maximum absolute atomic E-state index is 13.4. The molecule has 0 spiro atoms. The predicted molar refractivity (Wildman–Crippen MR) is 129 cm³/mol. The minimum atomic E-state index is -0.0355. The van der Waals surface area contributed by atoms with E-state index in [0.29, 0.717) is 5.56 Å². The van der Waals surface area contributed by atoms with Crippen LogP contribution in [0.1, 0.15) is 51.2 Å². The Morgan fingerprint density at radius 2 is 2.00 bits per heavy atom. The van der Waals surface area contributed by atoms with Crippen molar-refractivity contribution >= 4 is 39.0 Å². The maximum Gasteiger partial charge on any atom is 0.254 e. The fourth-order valence-corrected chi connectivity index (χ4v) is 5.21. The van der Waals surface area contributed by atoms with Crippen LogP contribution in [0.25, 0.3) is 10.2 Å². The Morgan fingerprint density at radius 1 is 1.12 bits per heavy atom. The van der Waals surface area contributed by atoms with Crippen LogP contribution < -0.4 is 5.32 Å². The molecular weight excluding hydrogens is 418 g/mol. The molecule has 0 unspecified atom stereocenters. The second-order valence-corrected chi connectivity index (χ2v) is 9.52. The number of carbonyl (C=O) groups is 1. The van der Waals surface area contributed by atoms with E-state index in [1.54, 1.807) is 17.5 Å². The zero-order chi connectivity index (χ0) is 22.2. The van der Waals surface area contributed by atoms with Crippen LogP contribution in [-0.4, -0.2) is 32.3 Å². The number of nitrogens with zero attached hydrogens (tertiary/aromatic N) is 4. The average Bonchev–Trinajstić information content (AvgIpc) is 3.40. The zero-order valence-corrected chi connectivity index (χ0v) is 19.2. The molecule has 3 aromatic heterocycles. The topological polar surface area (TPSA) is 71.0 Å². The maximum atomic E-state index is 13.4. The van der Waals surface area contributed by atoms with Gasteiger partial charge in [0.25, 0.3) is 5.91 Å². The normalized spacial score (nSPS) is 16.0. The van der Waals surface area contributed by atoms with Crippen LogP contribution in [0.4, 0.5) is 11.5 Å². The van der Waals surface area contributed by atoms with Crippen molar-refractivity contribution in [1.82, 2.24) is 19.9 Å². The van der Waals surface area contributed by atoms with Gasteiger partial charge >= 0.3 is 0 Å². The molecule has 162 valence electrons. The monoisotopic (exact) mass is 443 g/mol. The number of hydrogen-bond acceptors (Lipinski definition) is 6. The molecule has 1 aliphatic rings. The number of amides is 1. The molecule has 0 aliphatic carbocycles. The zero-order valence-electron chi connectivity index (χ0n) is 18.4. The van der Waals surface area contributed by atoms with Gasteiger partial charge in [0.05, 0.1) is 27.0 Å². The number of aryl methyl sites for hydroxylation is 3. The Balaban J connectivity index is 1.44. The molecule has 1 aromatic carbocycles. The molecular formula is C25H25N5OS. The Morgan fingerprint density at radius 3 is 2.84 bits per heavy atom. The Kier molecular flexibility index (Phi) is 5.35. The lowest BCUT2D eigenvalue weighted by atomic mass is 10.1. The first-order chi connectivity index (χ1) is 15.5. The van der Waals surface area contributed by atoms with E-state index >= 15 is 0 Å². The molecule has 1 saturated heterocycles. The van der Waals surface area contributed by atoms with Gasteiger partial charge in [0.1, 0.15) is 5.82 Å². The fourth-order valence-electron chi connectivity index (χ4n) is 4.35. The lowest BCUT2D eigenvalue weighted by Crippen LogP contribution is -2.31. The molecule has 0 radical (unpaired) electrons. The summed E-state index contributed by atoms with van der Waals surface area (Å²) in [6.45, 7) is 6.75. The minimum absolute atomic E-state index is 0.0355. The first-order valence-corrected chi connectivity index (χ1v) is 11.6. The third-order valence-electron chi connectivity index (χ3n) is 5.84. The number of rotatable bonds is 4. The lowest BCUT2D eigenvalue weighted by molar-refractivity contribution is 0.0733. The van der Waals surface area contributed by atoms with Crippen LogP contribution in [0, 0.1) is 20.8 Å². The van der Waals surface area contributed by atoms with Gasteiger partial charge in [0.2, 0.25) is 0 Å². The molecule has 6 nitrogen and oxygen atoms in total. The quantitative estimate of drug-likeness (QED) is 0.436. The highest BCUT2D eigenvalue weighted by Gasteiger charge is 2.32. The van der Waals surface area contributed by atoms with Gasteiger partial charge in [-0.3, -0.25) is 9.78 Å². The summed E-state index contributed by atoms with van der Waals surface area (Å²) in [7, 11) is 0. The SMILES string of the molecule is Cc1cc(Nc2ncccc2C)cc([C@@H]2CCCN2C(=O)c2ccc3nc(C)sc3c2)n1. The number of anilines is 2. The van der Waals surface area contributed by atoms with Gasteiger partial charge in [-0.05, 0) is 75.6 Å². The fraction of sp³-hybridized carbons (Fsp3) is 0.280. The Hall–Kier alpha value is -3.32. The van der Waals surface area contributed by atoms with Gasteiger partial charge in [-0.15, -0.1) is 11.3 Å². The van der Waals surface area contributed by atoms with Crippen molar-refractivity contribution in [2.75, 3.05) is 11.9 Å². The highest BCUT2D eigenvalue weighted by molar-refractivity contribution is 7.18. The summed E-state index contributed by atoms with van der Waals surface area (Å²) >= 11 is 1.62. The van der Waals surface area contributed by atoms with Crippen LogP contribution in [0.15, 0.2) is 48.7 Å². The Bertz CT molecular complexity index is 1310. The summed E-state index contributed by atoms with van der Waals surface area (Å²) in [5.41, 5.74) is 5.51. The highest BCUT2D eigenvalue weighted by Crippen LogP contribution is 2.34. The molecule has 7 heteroatoms. The first kappa shape index (κ1) is 20.6. The van der Waals surface area contributed by atoms with Crippen molar-refractivity contribution in [3.05, 3.63) is 76.2 Å². The van der Waals surface area contributed by atoms with Gasteiger partial charge in [0, 0.05) is 29.7 Å². The molecule has 1 N–H and O–H groups in total. The molecule has 1 amide bonds. The molecule has 0 bridgehead atoms. The van der Waals surface area contributed by atoms with Crippen molar-refractivity contribution in [2.45, 2.75) is 39.7 Å². The van der Waals surface area contributed by atoms with Gasteiger partial charge in [-0.1, -0.05) is 6.07 Å². The number of likely N-dealkylation sites (tertiary alicyclic amines) is 1. The van der Waals surface area contributed by atoms with Crippen LogP contribution in [-0.2, 0) is 0 Å². The number of nitrogens with one attached hydrogen (secondary N) is 1. The molecule has 4 aromatic rings. The smallest absolute Gasteiger partial charge is 0.254 e. The first-order valence-electron chi connectivity index (χ1n) is 10.8. The molecule has 4 heterocycles. The summed E-state index contributed by atoms with van der Waals surface area (Å²) < 4.78 is 1.05. The highest BCUT2D eigenvalue weighted by atomic mass is 32.1. The van der Waals surface area contributed by atoms with E-state index in [-0.39, 0.29) is 11.9 Å². The lowest BCUT2D eigenvalue weighted by Gasteiger charge is -2.25. The second-order valence-electron chi connectivity index (χ2n) is 8.29. The molecule has 1 atom stereocenters. The van der Waals surface area contributed by atoms with Gasteiger partial charge in [-0.25, -0.2) is 9.97 Å². The number of carbonyl (C=O) groups excluding carboxylic acids is 1. The van der Waals surface area contributed by atoms with Crippen LogP contribution in [0.2, 0.25) is 0 Å². The van der Waals surface area contributed by atoms with Crippen LogP contribution in [0.3, 0.4) is 0 Å². The average molecular weight is 444 g/mol. The largest absolute Gasteiger partial charge is 0.340 e. The summed E-state index contributed by atoms with van der Waals surface area (Å²) in [5.74, 6) is 0.885. The van der Waals surface area contributed by atoms with Crippen molar-refractivity contribution < 1.29 is 4.79 Å². The standard InChI is InChI=1S/C25H25N5OS/c1-15-6-4-10-26-24(15)29-19-12-16(2)27-21(14-19)22-7-5-11-30(22)25(31)18-8-9-20-23(13-18)32-17(3)28-20/h4,6,8-10,12-14,22H,5,7,11H2,1-3H3,(H,26,27,29)/t22-/m0/s1. The third-order valence-corrected chi connectivity index (χ3v) is 6.78. The van der Waals surface area contributed by atoms with E-state index in [0.717, 1.165) is 63.1 Å². The Labute approximate surface area is 191 Å². The molecule has 32 heavy (non-hydrogen) atoms. The molecule has 5 rings (SSSR count). The minimum Gasteiger partial charge on any atom is -0.340 e. The van der Waals surface area contributed by atoms with E-state index < -0.39 is 0 Å². The van der Waals surface area contributed by atoms with Gasteiger partial charge in [-0.2, -0.15) is 0 Å². The van der Waals surface area contributed by atoms with E-state index in [1.165, 1.54) is 0 Å². The second kappa shape index (κ2) is 8.31. The summed E-state index contributed by atoms with van der Waals surface area (Å²) in [4.78, 5) is 29.2.